The molecule has 2 nitrogen and oxygen atoms in total. The number of hydrogen-bond donors (Lipinski definition) is 2. The molecule has 0 radical (unpaired) electrons. The highest BCUT2D eigenvalue weighted by atomic mass is 15.1. The van der Waals surface area contributed by atoms with Gasteiger partial charge < -0.3 is 10.6 Å². The van der Waals surface area contributed by atoms with E-state index < -0.39 is 0 Å². The monoisotopic (exact) mass is 156 g/mol. The van der Waals surface area contributed by atoms with Crippen molar-refractivity contribution in [2.24, 2.45) is 0 Å². The van der Waals surface area contributed by atoms with Crippen LogP contribution in [-0.4, -0.2) is 24.7 Å². The second-order valence-electron chi connectivity index (χ2n) is 3.94. The summed E-state index contributed by atoms with van der Waals surface area (Å²) in [6.45, 7) is 9.07. The van der Waals surface area contributed by atoms with E-state index in [-0.39, 0.29) is 0 Å². The summed E-state index contributed by atoms with van der Waals surface area (Å²) in [5, 5.41) is 7.02. The molecule has 1 rings (SSSR count). The Balaban J connectivity index is 2.33. The summed E-state index contributed by atoms with van der Waals surface area (Å²) in [7, 11) is 0. The summed E-state index contributed by atoms with van der Waals surface area (Å²) in [5.41, 5.74) is 0.357. The lowest BCUT2D eigenvalue weighted by molar-refractivity contribution is 0.338. The van der Waals surface area contributed by atoms with Gasteiger partial charge in [-0.3, -0.25) is 0 Å². The molecule has 1 heterocycles. The average molecular weight is 156 g/mol. The lowest BCUT2D eigenvalue weighted by atomic mass is 10.00. The Morgan fingerprint density at radius 3 is 2.82 bits per heavy atom. The second kappa shape index (κ2) is 3.55. The van der Waals surface area contributed by atoms with Gasteiger partial charge in [-0.15, -0.1) is 0 Å². The molecule has 0 spiro atoms. The lowest BCUT2D eigenvalue weighted by Crippen LogP contribution is -2.48. The van der Waals surface area contributed by atoms with E-state index in [1.807, 2.05) is 0 Å². The molecule has 1 aliphatic rings. The van der Waals surface area contributed by atoms with Gasteiger partial charge in [0.15, 0.2) is 0 Å². The third-order valence-corrected chi connectivity index (χ3v) is 2.58. The molecule has 0 amide bonds. The Labute approximate surface area is 69.8 Å². The molecule has 2 unspecified atom stereocenters. The highest BCUT2D eigenvalue weighted by Gasteiger charge is 2.28. The molecule has 2 N–H and O–H groups in total. The molecule has 0 aromatic rings. The first-order valence-corrected chi connectivity index (χ1v) is 4.65. The predicted molar refractivity (Wildman–Crippen MR) is 48.8 cm³/mol. The van der Waals surface area contributed by atoms with Crippen molar-refractivity contribution in [1.29, 1.82) is 0 Å². The Bertz CT molecular complexity index is 117. The minimum Gasteiger partial charge on any atom is -0.315 e. The SMILES string of the molecule is CCC(C)NC1(C)CCNC1. The molecule has 2 heteroatoms. The van der Waals surface area contributed by atoms with Crippen molar-refractivity contribution < 1.29 is 0 Å². The zero-order valence-corrected chi connectivity index (χ0v) is 7.91. The minimum absolute atomic E-state index is 0.357. The quantitative estimate of drug-likeness (QED) is 0.640. The second-order valence-corrected chi connectivity index (χ2v) is 3.94. The average Bonchev–Trinajstić information content (AvgIpc) is 2.36. The molecule has 2 atom stereocenters. The number of hydrogen-bond acceptors (Lipinski definition) is 2. The molecular weight excluding hydrogens is 136 g/mol. The largest absolute Gasteiger partial charge is 0.315 e. The van der Waals surface area contributed by atoms with Gasteiger partial charge in [0.2, 0.25) is 0 Å². The topological polar surface area (TPSA) is 24.1 Å². The zero-order chi connectivity index (χ0) is 8.32. The standard InChI is InChI=1S/C9H20N2/c1-4-8(2)11-9(3)5-6-10-7-9/h8,10-11H,4-7H2,1-3H3. The van der Waals surface area contributed by atoms with Gasteiger partial charge in [0.05, 0.1) is 0 Å². The Hall–Kier alpha value is -0.0800. The fourth-order valence-corrected chi connectivity index (χ4v) is 1.64. The highest BCUT2D eigenvalue weighted by Crippen LogP contribution is 2.14. The normalized spacial score (nSPS) is 34.1. The van der Waals surface area contributed by atoms with Crippen LogP contribution >= 0.6 is 0 Å². The van der Waals surface area contributed by atoms with E-state index >= 15 is 0 Å². The maximum Gasteiger partial charge on any atom is 0.0292 e. The smallest absolute Gasteiger partial charge is 0.0292 e. The van der Waals surface area contributed by atoms with Gasteiger partial charge in [-0.05, 0) is 33.2 Å². The van der Waals surface area contributed by atoms with Crippen molar-refractivity contribution in [1.82, 2.24) is 10.6 Å². The van der Waals surface area contributed by atoms with Gasteiger partial charge in [0.25, 0.3) is 0 Å². The van der Waals surface area contributed by atoms with Gasteiger partial charge >= 0.3 is 0 Å². The Morgan fingerprint density at radius 2 is 2.36 bits per heavy atom. The number of rotatable bonds is 3. The third kappa shape index (κ3) is 2.46. The zero-order valence-electron chi connectivity index (χ0n) is 7.91. The molecule has 0 aliphatic carbocycles. The van der Waals surface area contributed by atoms with Gasteiger partial charge in [0, 0.05) is 18.1 Å². The molecule has 1 fully saturated rings. The van der Waals surface area contributed by atoms with Gasteiger partial charge in [-0.2, -0.15) is 0 Å². The van der Waals surface area contributed by atoms with E-state index in [1.165, 1.54) is 19.4 Å². The first-order valence-electron chi connectivity index (χ1n) is 4.65. The van der Waals surface area contributed by atoms with E-state index in [1.54, 1.807) is 0 Å². The maximum absolute atomic E-state index is 3.64. The summed E-state index contributed by atoms with van der Waals surface area (Å²) in [6, 6.07) is 0.653. The molecule has 1 saturated heterocycles. The van der Waals surface area contributed by atoms with E-state index in [9.17, 15) is 0 Å². The molecular formula is C9H20N2. The van der Waals surface area contributed by atoms with Crippen molar-refractivity contribution in [3.05, 3.63) is 0 Å². The van der Waals surface area contributed by atoms with Crippen LogP contribution in [0.15, 0.2) is 0 Å². The van der Waals surface area contributed by atoms with E-state index in [0.717, 1.165) is 6.54 Å². The Morgan fingerprint density at radius 1 is 1.64 bits per heavy atom. The summed E-state index contributed by atoms with van der Waals surface area (Å²) < 4.78 is 0. The molecule has 0 aromatic carbocycles. The fourth-order valence-electron chi connectivity index (χ4n) is 1.64. The van der Waals surface area contributed by atoms with Crippen LogP contribution in [0.5, 0.6) is 0 Å². The van der Waals surface area contributed by atoms with E-state index in [0.29, 0.717) is 11.6 Å². The summed E-state index contributed by atoms with van der Waals surface area (Å²) >= 11 is 0. The van der Waals surface area contributed by atoms with Crippen LogP contribution in [0.1, 0.15) is 33.6 Å². The highest BCUT2D eigenvalue weighted by molar-refractivity contribution is 4.92. The molecule has 1 aliphatic heterocycles. The van der Waals surface area contributed by atoms with Crippen molar-refractivity contribution in [3.8, 4) is 0 Å². The van der Waals surface area contributed by atoms with Crippen molar-refractivity contribution in [3.63, 3.8) is 0 Å². The van der Waals surface area contributed by atoms with Crippen molar-refractivity contribution >= 4 is 0 Å². The first-order chi connectivity index (χ1) is 5.16. The Kier molecular flexibility index (Phi) is 2.90. The molecule has 11 heavy (non-hydrogen) atoms. The first kappa shape index (κ1) is 9.01. The molecule has 66 valence electrons. The van der Waals surface area contributed by atoms with Crippen LogP contribution in [0.4, 0.5) is 0 Å². The van der Waals surface area contributed by atoms with Gasteiger partial charge in [-0.1, -0.05) is 6.92 Å². The van der Waals surface area contributed by atoms with Crippen LogP contribution in [0, 0.1) is 0 Å². The molecule has 0 aromatic heterocycles. The van der Waals surface area contributed by atoms with Gasteiger partial charge in [-0.25, -0.2) is 0 Å². The molecule has 0 saturated carbocycles. The van der Waals surface area contributed by atoms with Crippen LogP contribution < -0.4 is 10.6 Å². The van der Waals surface area contributed by atoms with Crippen LogP contribution in [0.2, 0.25) is 0 Å². The van der Waals surface area contributed by atoms with E-state index in [2.05, 4.69) is 31.4 Å². The predicted octanol–water partition coefficient (Wildman–Crippen LogP) is 1.13. The maximum atomic E-state index is 3.64. The summed E-state index contributed by atoms with van der Waals surface area (Å²) in [6.07, 6.45) is 2.48. The summed E-state index contributed by atoms with van der Waals surface area (Å²) in [4.78, 5) is 0. The lowest BCUT2D eigenvalue weighted by Gasteiger charge is -2.28. The van der Waals surface area contributed by atoms with Gasteiger partial charge in [0.1, 0.15) is 0 Å². The fraction of sp³-hybridized carbons (Fsp3) is 1.00. The van der Waals surface area contributed by atoms with Crippen LogP contribution in [0.25, 0.3) is 0 Å². The summed E-state index contributed by atoms with van der Waals surface area (Å²) in [5.74, 6) is 0. The minimum atomic E-state index is 0.357. The van der Waals surface area contributed by atoms with Crippen molar-refractivity contribution in [2.45, 2.75) is 45.2 Å². The number of nitrogens with one attached hydrogen (secondary N) is 2. The van der Waals surface area contributed by atoms with Crippen LogP contribution in [0.3, 0.4) is 0 Å². The third-order valence-electron chi connectivity index (χ3n) is 2.58. The van der Waals surface area contributed by atoms with Crippen molar-refractivity contribution in [2.75, 3.05) is 13.1 Å². The molecule has 0 bridgehead atoms. The van der Waals surface area contributed by atoms with E-state index in [4.69, 9.17) is 0 Å². The van der Waals surface area contributed by atoms with Crippen LogP contribution in [-0.2, 0) is 0 Å².